The zero-order valence-electron chi connectivity index (χ0n) is 10.4. The third kappa shape index (κ3) is 2.81. The van der Waals surface area contributed by atoms with E-state index in [9.17, 15) is 5.11 Å². The molecule has 0 spiro atoms. The zero-order valence-corrected chi connectivity index (χ0v) is 12.0. The topological polar surface area (TPSA) is 64.1 Å². The van der Waals surface area contributed by atoms with Crippen molar-refractivity contribution in [3.8, 4) is 11.5 Å². The van der Waals surface area contributed by atoms with Crippen molar-refractivity contribution < 1.29 is 9.52 Å². The van der Waals surface area contributed by atoms with Gasteiger partial charge in [0.1, 0.15) is 11.4 Å². The quantitative estimate of drug-likeness (QED) is 0.922. The van der Waals surface area contributed by atoms with Crippen molar-refractivity contribution in [1.29, 1.82) is 0 Å². The molecule has 0 aromatic carbocycles. The molecule has 0 aliphatic heterocycles. The Morgan fingerprint density at radius 2 is 2.22 bits per heavy atom. The number of nitrogens with zero attached hydrogens (tertiary/aromatic N) is 3. The number of aliphatic hydroxyl groups excluding tert-OH is 1. The molecule has 0 atom stereocenters. The Bertz CT molecular complexity index is 519. The average molecular weight is 314 g/mol. The molecule has 5 nitrogen and oxygen atoms in total. The van der Waals surface area contributed by atoms with Gasteiger partial charge in [0, 0.05) is 6.54 Å². The van der Waals surface area contributed by atoms with Gasteiger partial charge in [-0.2, -0.15) is 0 Å². The molecule has 0 fully saturated rings. The fraction of sp³-hybridized carbons (Fsp3) is 0.500. The second-order valence-corrected chi connectivity index (χ2v) is 5.33. The van der Waals surface area contributed by atoms with Crippen LogP contribution in [0.15, 0.2) is 21.2 Å². The zero-order chi connectivity index (χ0) is 13.1. The lowest BCUT2D eigenvalue weighted by molar-refractivity contribution is 0.277. The molecule has 1 N–H and O–H groups in total. The standard InChI is InChI=1S/C12H16BrN3O2/c1-8(2)5-6-16-12(9(7-17)14-15-16)10-3-4-11(13)18-10/h3-4,8,17H,5-7H2,1-2H3. The van der Waals surface area contributed by atoms with E-state index in [0.717, 1.165) is 18.7 Å². The van der Waals surface area contributed by atoms with E-state index < -0.39 is 0 Å². The minimum atomic E-state index is -0.144. The summed E-state index contributed by atoms with van der Waals surface area (Å²) in [6.45, 7) is 4.94. The summed E-state index contributed by atoms with van der Waals surface area (Å²) in [6, 6.07) is 3.66. The van der Waals surface area contributed by atoms with Gasteiger partial charge in [0.15, 0.2) is 10.4 Å². The van der Waals surface area contributed by atoms with Gasteiger partial charge in [-0.15, -0.1) is 5.10 Å². The molecular weight excluding hydrogens is 298 g/mol. The summed E-state index contributed by atoms with van der Waals surface area (Å²) in [5, 5.41) is 17.4. The maximum absolute atomic E-state index is 9.31. The molecule has 2 aromatic heterocycles. The van der Waals surface area contributed by atoms with Gasteiger partial charge < -0.3 is 9.52 Å². The summed E-state index contributed by atoms with van der Waals surface area (Å²) in [4.78, 5) is 0. The molecule has 0 unspecified atom stereocenters. The SMILES string of the molecule is CC(C)CCn1nnc(CO)c1-c1ccc(Br)o1. The fourth-order valence-corrected chi connectivity index (χ4v) is 2.01. The van der Waals surface area contributed by atoms with Gasteiger partial charge in [0.2, 0.25) is 0 Å². The Kier molecular flexibility index (Phi) is 4.19. The Labute approximate surface area is 114 Å². The van der Waals surface area contributed by atoms with Crippen LogP contribution in [0.25, 0.3) is 11.5 Å². The van der Waals surface area contributed by atoms with Crippen LogP contribution in [0.1, 0.15) is 26.0 Å². The van der Waals surface area contributed by atoms with Gasteiger partial charge in [-0.3, -0.25) is 0 Å². The molecule has 0 amide bonds. The Morgan fingerprint density at radius 3 is 2.78 bits per heavy atom. The van der Waals surface area contributed by atoms with Crippen molar-refractivity contribution in [3.05, 3.63) is 22.5 Å². The van der Waals surface area contributed by atoms with Crippen molar-refractivity contribution in [3.63, 3.8) is 0 Å². The number of aliphatic hydroxyl groups is 1. The van der Waals surface area contributed by atoms with Crippen LogP contribution in [0.5, 0.6) is 0 Å². The van der Waals surface area contributed by atoms with Crippen LogP contribution in [0.3, 0.4) is 0 Å². The molecule has 2 aromatic rings. The van der Waals surface area contributed by atoms with Crippen molar-refractivity contribution in [2.75, 3.05) is 0 Å². The average Bonchev–Trinajstić information content (AvgIpc) is 2.91. The highest BCUT2D eigenvalue weighted by Gasteiger charge is 2.17. The smallest absolute Gasteiger partial charge is 0.169 e. The molecular formula is C12H16BrN3O2. The van der Waals surface area contributed by atoms with Crippen LogP contribution in [0.2, 0.25) is 0 Å². The summed E-state index contributed by atoms with van der Waals surface area (Å²) in [5.74, 6) is 1.25. The minimum Gasteiger partial charge on any atom is -0.448 e. The van der Waals surface area contributed by atoms with E-state index in [1.807, 2.05) is 12.1 Å². The first-order valence-corrected chi connectivity index (χ1v) is 6.70. The molecule has 0 radical (unpaired) electrons. The first-order chi connectivity index (χ1) is 8.61. The number of aromatic nitrogens is 3. The largest absolute Gasteiger partial charge is 0.448 e. The first kappa shape index (κ1) is 13.3. The number of rotatable bonds is 5. The van der Waals surface area contributed by atoms with E-state index in [1.54, 1.807) is 4.68 Å². The molecule has 0 saturated heterocycles. The Morgan fingerprint density at radius 1 is 1.44 bits per heavy atom. The molecule has 98 valence electrons. The highest BCUT2D eigenvalue weighted by molar-refractivity contribution is 9.10. The predicted molar refractivity (Wildman–Crippen MR) is 70.8 cm³/mol. The van der Waals surface area contributed by atoms with E-state index in [2.05, 4.69) is 40.1 Å². The second-order valence-electron chi connectivity index (χ2n) is 4.55. The lowest BCUT2D eigenvalue weighted by atomic mass is 10.1. The number of furan rings is 1. The van der Waals surface area contributed by atoms with Gasteiger partial charge in [0.25, 0.3) is 0 Å². The number of halogens is 1. The second kappa shape index (κ2) is 5.67. The van der Waals surface area contributed by atoms with Gasteiger partial charge >= 0.3 is 0 Å². The summed E-state index contributed by atoms with van der Waals surface area (Å²) in [5.41, 5.74) is 1.30. The summed E-state index contributed by atoms with van der Waals surface area (Å²) in [6.07, 6.45) is 1.00. The first-order valence-electron chi connectivity index (χ1n) is 5.90. The van der Waals surface area contributed by atoms with Crippen LogP contribution in [-0.4, -0.2) is 20.1 Å². The summed E-state index contributed by atoms with van der Waals surface area (Å²) < 4.78 is 7.96. The molecule has 0 aliphatic carbocycles. The molecule has 6 heteroatoms. The number of aryl methyl sites for hydroxylation is 1. The molecule has 0 bridgehead atoms. The van der Waals surface area contributed by atoms with Crippen LogP contribution < -0.4 is 0 Å². The van der Waals surface area contributed by atoms with Gasteiger partial charge in [0.05, 0.1) is 6.61 Å². The molecule has 18 heavy (non-hydrogen) atoms. The summed E-state index contributed by atoms with van der Waals surface area (Å²) in [7, 11) is 0. The Balaban J connectivity index is 2.33. The molecule has 0 saturated carbocycles. The molecule has 2 rings (SSSR count). The van der Waals surface area contributed by atoms with Crippen LogP contribution in [0, 0.1) is 5.92 Å². The van der Waals surface area contributed by atoms with E-state index in [4.69, 9.17) is 4.42 Å². The van der Waals surface area contributed by atoms with Crippen LogP contribution >= 0.6 is 15.9 Å². The van der Waals surface area contributed by atoms with Crippen LogP contribution in [-0.2, 0) is 13.2 Å². The van der Waals surface area contributed by atoms with Crippen LogP contribution in [0.4, 0.5) is 0 Å². The van der Waals surface area contributed by atoms with E-state index >= 15 is 0 Å². The monoisotopic (exact) mass is 313 g/mol. The van der Waals surface area contributed by atoms with E-state index in [0.29, 0.717) is 22.0 Å². The number of hydrogen-bond acceptors (Lipinski definition) is 4. The fourth-order valence-electron chi connectivity index (χ4n) is 1.70. The van der Waals surface area contributed by atoms with Crippen molar-refractivity contribution in [2.45, 2.75) is 33.4 Å². The van der Waals surface area contributed by atoms with Crippen molar-refractivity contribution in [1.82, 2.24) is 15.0 Å². The minimum absolute atomic E-state index is 0.144. The lowest BCUT2D eigenvalue weighted by Gasteiger charge is -2.07. The normalized spacial score (nSPS) is 11.4. The maximum atomic E-state index is 9.31. The highest BCUT2D eigenvalue weighted by Crippen LogP contribution is 2.27. The lowest BCUT2D eigenvalue weighted by Crippen LogP contribution is -2.05. The summed E-state index contributed by atoms with van der Waals surface area (Å²) >= 11 is 3.27. The third-order valence-corrected chi connectivity index (χ3v) is 3.11. The number of hydrogen-bond donors (Lipinski definition) is 1. The van der Waals surface area contributed by atoms with E-state index in [1.165, 1.54) is 0 Å². The van der Waals surface area contributed by atoms with Gasteiger partial charge in [-0.1, -0.05) is 19.1 Å². The van der Waals surface area contributed by atoms with Gasteiger partial charge in [-0.25, -0.2) is 4.68 Å². The van der Waals surface area contributed by atoms with Crippen molar-refractivity contribution in [2.24, 2.45) is 5.92 Å². The highest BCUT2D eigenvalue weighted by atomic mass is 79.9. The predicted octanol–water partition coefficient (Wildman–Crippen LogP) is 2.84. The Hall–Kier alpha value is -1.14. The maximum Gasteiger partial charge on any atom is 0.169 e. The third-order valence-electron chi connectivity index (χ3n) is 2.68. The molecule has 2 heterocycles. The van der Waals surface area contributed by atoms with E-state index in [-0.39, 0.29) is 6.61 Å². The van der Waals surface area contributed by atoms with Crippen molar-refractivity contribution >= 4 is 15.9 Å². The van der Waals surface area contributed by atoms with Gasteiger partial charge in [-0.05, 0) is 40.4 Å². The molecule has 0 aliphatic rings.